The first kappa shape index (κ1) is 70.9. The second-order valence-corrected chi connectivity index (χ2v) is 23.2. The molecule has 2 unspecified atom stereocenters. The molecule has 6 heteroatoms. The largest absolute Gasteiger partial charge is 0.466 e. The Balaban J connectivity index is 3.37. The van der Waals surface area contributed by atoms with Gasteiger partial charge in [0.25, 0.3) is 0 Å². The Labute approximate surface area is 451 Å². The summed E-state index contributed by atoms with van der Waals surface area (Å²) in [5.74, 6) is -0.0185. The van der Waals surface area contributed by atoms with Crippen LogP contribution in [0.2, 0.25) is 0 Å². The molecule has 0 fully saturated rings. The molecule has 0 aromatic heterocycles. The van der Waals surface area contributed by atoms with Gasteiger partial charge in [-0.15, -0.1) is 0 Å². The number of nitrogens with one attached hydrogen (secondary N) is 1. The van der Waals surface area contributed by atoms with Crippen molar-refractivity contribution < 1.29 is 24.5 Å². The summed E-state index contributed by atoms with van der Waals surface area (Å²) in [4.78, 5) is 24.6. The van der Waals surface area contributed by atoms with Crippen LogP contribution in [0, 0.1) is 0 Å². The zero-order chi connectivity index (χ0) is 52.2. The van der Waals surface area contributed by atoms with Gasteiger partial charge in [0.15, 0.2) is 0 Å². The maximum Gasteiger partial charge on any atom is 0.305 e. The summed E-state index contributed by atoms with van der Waals surface area (Å²) in [6.45, 7) is 4.99. The van der Waals surface area contributed by atoms with Crippen LogP contribution in [0.25, 0.3) is 0 Å². The van der Waals surface area contributed by atoms with Crippen molar-refractivity contribution >= 4 is 11.9 Å². The van der Waals surface area contributed by atoms with Gasteiger partial charge in [0.1, 0.15) is 0 Å². The third-order valence-corrected chi connectivity index (χ3v) is 15.9. The molecule has 0 aromatic carbocycles. The molecule has 6 nitrogen and oxygen atoms in total. The first-order valence-electron chi connectivity index (χ1n) is 33.3. The van der Waals surface area contributed by atoms with Gasteiger partial charge in [0.05, 0.1) is 25.4 Å². The zero-order valence-electron chi connectivity index (χ0n) is 49.2. The second-order valence-electron chi connectivity index (χ2n) is 23.2. The van der Waals surface area contributed by atoms with E-state index in [9.17, 15) is 19.8 Å². The fourth-order valence-corrected chi connectivity index (χ4v) is 10.8. The summed E-state index contributed by atoms with van der Waals surface area (Å²) in [6.07, 6.45) is 74.1. The zero-order valence-corrected chi connectivity index (χ0v) is 49.2. The van der Waals surface area contributed by atoms with Gasteiger partial charge in [-0.05, 0) is 25.7 Å². The maximum absolute atomic E-state index is 12.5. The molecule has 0 spiro atoms. The van der Waals surface area contributed by atoms with E-state index in [2.05, 4.69) is 19.2 Å². The molecule has 430 valence electrons. The van der Waals surface area contributed by atoms with Crippen molar-refractivity contribution in [2.24, 2.45) is 0 Å². The molecular weight excluding hydrogens is 887 g/mol. The average Bonchev–Trinajstić information content (AvgIpc) is 3.38. The number of unbranched alkanes of at least 4 members (excludes halogenated alkanes) is 52. The molecule has 0 saturated heterocycles. The van der Waals surface area contributed by atoms with Gasteiger partial charge in [-0.1, -0.05) is 348 Å². The Kier molecular flexibility index (Phi) is 61.4. The lowest BCUT2D eigenvalue weighted by Gasteiger charge is -2.22. The monoisotopic (exact) mass is 1020 g/mol. The van der Waals surface area contributed by atoms with E-state index in [4.69, 9.17) is 4.74 Å². The van der Waals surface area contributed by atoms with Crippen molar-refractivity contribution in [1.82, 2.24) is 5.32 Å². The number of rotatable bonds is 63. The molecule has 0 heterocycles. The lowest BCUT2D eigenvalue weighted by atomic mass is 10.0. The van der Waals surface area contributed by atoms with E-state index < -0.39 is 12.1 Å². The van der Waals surface area contributed by atoms with Crippen LogP contribution < -0.4 is 5.32 Å². The number of amides is 1. The van der Waals surface area contributed by atoms with Crippen LogP contribution in [-0.4, -0.2) is 47.4 Å². The predicted molar refractivity (Wildman–Crippen MR) is 315 cm³/mol. The van der Waals surface area contributed by atoms with E-state index in [-0.39, 0.29) is 18.5 Å². The van der Waals surface area contributed by atoms with Crippen molar-refractivity contribution in [1.29, 1.82) is 0 Å². The Morgan fingerprint density at radius 2 is 0.569 bits per heavy atom. The van der Waals surface area contributed by atoms with Gasteiger partial charge in [0, 0.05) is 12.8 Å². The molecule has 0 rings (SSSR count). The molecule has 0 saturated carbocycles. The standard InChI is InChI=1S/C66H131NO5/c1-3-5-7-9-11-13-15-17-19-21-23-27-30-34-38-42-46-50-54-58-64(69)63(62-68)67-65(70)59-55-51-47-43-39-35-31-28-24-22-25-29-33-37-41-45-49-53-57-61-72-66(71)60-56-52-48-44-40-36-32-26-20-18-16-14-12-10-8-6-4-2/h63-64,68-69H,3-62H2,1-2H3,(H,67,70). The fraction of sp³-hybridized carbons (Fsp3) is 0.970. The summed E-state index contributed by atoms with van der Waals surface area (Å²) < 4.78 is 5.50. The van der Waals surface area contributed by atoms with Crippen molar-refractivity contribution in [3.63, 3.8) is 0 Å². The molecule has 3 N–H and O–H groups in total. The third-order valence-electron chi connectivity index (χ3n) is 15.9. The SMILES string of the molecule is CCCCCCCCCCCCCCCCCCCCCC(O)C(CO)NC(=O)CCCCCCCCCCCCCCCCCCCCCOC(=O)CCCCCCCCCCCCCCCCCCC. The van der Waals surface area contributed by atoms with Crippen LogP contribution in [0.3, 0.4) is 0 Å². The first-order valence-corrected chi connectivity index (χ1v) is 33.3. The van der Waals surface area contributed by atoms with Crippen molar-refractivity contribution in [3.05, 3.63) is 0 Å². The van der Waals surface area contributed by atoms with Crippen LogP contribution >= 0.6 is 0 Å². The second kappa shape index (κ2) is 62.4. The van der Waals surface area contributed by atoms with Crippen LogP contribution in [0.4, 0.5) is 0 Å². The number of esters is 1. The summed E-state index contributed by atoms with van der Waals surface area (Å²) >= 11 is 0. The van der Waals surface area contributed by atoms with Gasteiger partial charge < -0.3 is 20.3 Å². The Hall–Kier alpha value is -1.14. The highest BCUT2D eigenvalue weighted by molar-refractivity contribution is 5.76. The quantitative estimate of drug-likeness (QED) is 0.0417. The van der Waals surface area contributed by atoms with E-state index in [1.165, 1.54) is 315 Å². The van der Waals surface area contributed by atoms with E-state index in [0.29, 0.717) is 25.9 Å². The molecular formula is C66H131NO5. The molecule has 0 aliphatic rings. The normalized spacial score (nSPS) is 12.4. The molecule has 0 aromatic rings. The van der Waals surface area contributed by atoms with E-state index in [1.54, 1.807) is 0 Å². The predicted octanol–water partition coefficient (Wildman–Crippen LogP) is 21.0. The highest BCUT2D eigenvalue weighted by atomic mass is 16.5. The lowest BCUT2D eigenvalue weighted by molar-refractivity contribution is -0.143. The van der Waals surface area contributed by atoms with E-state index in [0.717, 1.165) is 38.5 Å². The van der Waals surface area contributed by atoms with Crippen LogP contribution in [-0.2, 0) is 14.3 Å². The number of hydrogen-bond acceptors (Lipinski definition) is 5. The summed E-state index contributed by atoms with van der Waals surface area (Å²) in [5, 5.41) is 23.4. The molecule has 72 heavy (non-hydrogen) atoms. The first-order chi connectivity index (χ1) is 35.5. The highest BCUT2D eigenvalue weighted by Crippen LogP contribution is 2.19. The van der Waals surface area contributed by atoms with Crippen molar-refractivity contribution in [2.45, 2.75) is 398 Å². The minimum absolute atomic E-state index is 0.0145. The number of ether oxygens (including phenoxy) is 1. The third kappa shape index (κ3) is 58.1. The van der Waals surface area contributed by atoms with Gasteiger partial charge in [0.2, 0.25) is 5.91 Å². The minimum atomic E-state index is -0.666. The number of carbonyl (C=O) groups is 2. The van der Waals surface area contributed by atoms with Crippen molar-refractivity contribution in [2.75, 3.05) is 13.2 Å². The number of aliphatic hydroxyl groups is 2. The van der Waals surface area contributed by atoms with Gasteiger partial charge in [-0.2, -0.15) is 0 Å². The average molecular weight is 1020 g/mol. The topological polar surface area (TPSA) is 95.9 Å². The van der Waals surface area contributed by atoms with E-state index >= 15 is 0 Å². The Morgan fingerprint density at radius 1 is 0.333 bits per heavy atom. The van der Waals surface area contributed by atoms with E-state index in [1.807, 2.05) is 0 Å². The van der Waals surface area contributed by atoms with Crippen LogP contribution in [0.5, 0.6) is 0 Å². The van der Waals surface area contributed by atoms with Gasteiger partial charge in [-0.25, -0.2) is 0 Å². The summed E-state index contributed by atoms with van der Waals surface area (Å²) in [5.41, 5.74) is 0. The maximum atomic E-state index is 12.5. The van der Waals surface area contributed by atoms with Gasteiger partial charge >= 0.3 is 5.97 Å². The lowest BCUT2D eigenvalue weighted by Crippen LogP contribution is -2.45. The smallest absolute Gasteiger partial charge is 0.305 e. The van der Waals surface area contributed by atoms with Crippen LogP contribution in [0.1, 0.15) is 386 Å². The van der Waals surface area contributed by atoms with Crippen molar-refractivity contribution in [3.8, 4) is 0 Å². The van der Waals surface area contributed by atoms with Gasteiger partial charge in [-0.3, -0.25) is 9.59 Å². The van der Waals surface area contributed by atoms with Crippen LogP contribution in [0.15, 0.2) is 0 Å². The molecule has 0 aliphatic heterocycles. The Morgan fingerprint density at radius 3 is 0.847 bits per heavy atom. The Bertz CT molecular complexity index is 1040. The molecule has 1 amide bonds. The number of carbonyl (C=O) groups excluding carboxylic acids is 2. The summed E-state index contributed by atoms with van der Waals surface area (Å²) in [6, 6.07) is -0.543. The number of aliphatic hydroxyl groups excluding tert-OH is 2. The molecule has 2 atom stereocenters. The molecule has 0 bridgehead atoms. The fourth-order valence-electron chi connectivity index (χ4n) is 10.8. The molecule has 0 radical (unpaired) electrons. The minimum Gasteiger partial charge on any atom is -0.466 e. The highest BCUT2D eigenvalue weighted by Gasteiger charge is 2.20. The number of hydrogen-bond donors (Lipinski definition) is 3. The molecule has 0 aliphatic carbocycles. The summed E-state index contributed by atoms with van der Waals surface area (Å²) in [7, 11) is 0.